The summed E-state index contributed by atoms with van der Waals surface area (Å²) in [5.74, 6) is -1.32. The maximum atomic E-state index is 12.5. The van der Waals surface area contributed by atoms with Gasteiger partial charge in [0.15, 0.2) is 0 Å². The lowest BCUT2D eigenvalue weighted by molar-refractivity contribution is -0.136. The van der Waals surface area contributed by atoms with E-state index in [9.17, 15) is 9.18 Å². The fourth-order valence-corrected chi connectivity index (χ4v) is 0.888. The molecule has 1 N–H and O–H groups in total. The van der Waals surface area contributed by atoms with Crippen LogP contribution in [0.1, 0.15) is 12.0 Å². The summed E-state index contributed by atoms with van der Waals surface area (Å²) < 4.78 is 12.5. The zero-order valence-corrected chi connectivity index (χ0v) is 6.38. The molecule has 0 aliphatic carbocycles. The normalized spacial score (nSPS) is 9.75. The fraction of sp³-hybridized carbons (Fsp3) is 0.222. The largest absolute Gasteiger partial charge is 0.481 e. The predicted octanol–water partition coefficient (Wildman–Crippen LogP) is 1.64. The highest BCUT2D eigenvalue weighted by Crippen LogP contribution is 2.05. The lowest BCUT2D eigenvalue weighted by Gasteiger charge is -1.96. The number of carboxylic acid groups (broad SMARTS) is 1. The third-order valence-corrected chi connectivity index (χ3v) is 1.46. The standard InChI is InChI=1S/C9H8FO2/c10-8-3-1-2-7(6-8)4-5-9(11)12/h1-2,6H,4-5H2,(H,11,12). The van der Waals surface area contributed by atoms with Gasteiger partial charge in [0.2, 0.25) is 0 Å². The van der Waals surface area contributed by atoms with Crippen molar-refractivity contribution in [3.8, 4) is 0 Å². The minimum Gasteiger partial charge on any atom is -0.481 e. The molecule has 12 heavy (non-hydrogen) atoms. The number of benzene rings is 1. The van der Waals surface area contributed by atoms with Gasteiger partial charge < -0.3 is 5.11 Å². The summed E-state index contributed by atoms with van der Waals surface area (Å²) in [5, 5.41) is 8.34. The number of hydrogen-bond donors (Lipinski definition) is 1. The summed E-state index contributed by atoms with van der Waals surface area (Å²) in [6.45, 7) is 0. The molecular weight excluding hydrogens is 159 g/mol. The number of halogens is 1. The number of rotatable bonds is 3. The van der Waals surface area contributed by atoms with E-state index < -0.39 is 11.8 Å². The first-order chi connectivity index (χ1) is 5.68. The molecule has 0 saturated heterocycles. The summed E-state index contributed by atoms with van der Waals surface area (Å²) in [5.41, 5.74) is 0.689. The Balaban J connectivity index is 2.57. The van der Waals surface area contributed by atoms with Crippen molar-refractivity contribution >= 4 is 5.97 Å². The van der Waals surface area contributed by atoms with Gasteiger partial charge in [-0.3, -0.25) is 4.79 Å². The third-order valence-electron chi connectivity index (χ3n) is 1.46. The number of aliphatic carboxylic acids is 1. The van der Waals surface area contributed by atoms with E-state index in [0.29, 0.717) is 12.0 Å². The third kappa shape index (κ3) is 2.70. The second-order valence-corrected chi connectivity index (χ2v) is 2.44. The van der Waals surface area contributed by atoms with E-state index in [-0.39, 0.29) is 6.42 Å². The summed E-state index contributed by atoms with van der Waals surface area (Å²) in [7, 11) is 0. The van der Waals surface area contributed by atoms with Gasteiger partial charge in [-0.25, -0.2) is 4.39 Å². The van der Waals surface area contributed by atoms with Crippen LogP contribution in [0.3, 0.4) is 0 Å². The van der Waals surface area contributed by atoms with Crippen molar-refractivity contribution in [3.63, 3.8) is 0 Å². The van der Waals surface area contributed by atoms with Crippen molar-refractivity contribution in [2.45, 2.75) is 12.8 Å². The molecule has 0 saturated carbocycles. The molecule has 63 valence electrons. The topological polar surface area (TPSA) is 37.3 Å². The molecule has 1 radical (unpaired) electrons. The van der Waals surface area contributed by atoms with Crippen molar-refractivity contribution in [1.82, 2.24) is 0 Å². The van der Waals surface area contributed by atoms with Crippen LogP contribution in [0.4, 0.5) is 4.39 Å². The van der Waals surface area contributed by atoms with Crippen LogP contribution in [-0.2, 0) is 11.2 Å². The van der Waals surface area contributed by atoms with E-state index >= 15 is 0 Å². The number of aryl methyl sites for hydroxylation is 1. The molecule has 0 heterocycles. The average Bonchev–Trinajstić information content (AvgIpc) is 2.01. The van der Waals surface area contributed by atoms with Gasteiger partial charge in [-0.15, -0.1) is 0 Å². The van der Waals surface area contributed by atoms with E-state index in [2.05, 4.69) is 6.07 Å². The number of hydrogen-bond acceptors (Lipinski definition) is 1. The highest BCUT2D eigenvalue weighted by Gasteiger charge is 1.99. The molecule has 0 atom stereocenters. The summed E-state index contributed by atoms with van der Waals surface area (Å²) in [6.07, 6.45) is 0.393. The van der Waals surface area contributed by atoms with E-state index in [4.69, 9.17) is 5.11 Å². The van der Waals surface area contributed by atoms with Gasteiger partial charge in [-0.1, -0.05) is 12.1 Å². The van der Waals surface area contributed by atoms with Gasteiger partial charge in [-0.05, 0) is 18.1 Å². The molecule has 1 rings (SSSR count). The first-order valence-electron chi connectivity index (χ1n) is 3.56. The van der Waals surface area contributed by atoms with Crippen LogP contribution in [0.25, 0.3) is 0 Å². The monoisotopic (exact) mass is 167 g/mol. The van der Waals surface area contributed by atoms with E-state index in [1.54, 1.807) is 6.07 Å². The SMILES string of the molecule is O=C(O)CCc1cc[c]c(F)c1. The van der Waals surface area contributed by atoms with Gasteiger partial charge in [0.1, 0.15) is 5.82 Å². The Morgan fingerprint density at radius 1 is 1.67 bits per heavy atom. The van der Waals surface area contributed by atoms with Crippen molar-refractivity contribution < 1.29 is 14.3 Å². The Bertz CT molecular complexity index is 284. The zero-order chi connectivity index (χ0) is 8.97. The Hall–Kier alpha value is -1.38. The Morgan fingerprint density at radius 2 is 2.42 bits per heavy atom. The van der Waals surface area contributed by atoms with Crippen molar-refractivity contribution in [2.75, 3.05) is 0 Å². The highest BCUT2D eigenvalue weighted by molar-refractivity contribution is 5.67. The Kier molecular flexibility index (Phi) is 2.80. The predicted molar refractivity (Wildman–Crippen MR) is 41.2 cm³/mol. The van der Waals surface area contributed by atoms with Gasteiger partial charge in [0.25, 0.3) is 0 Å². The average molecular weight is 167 g/mol. The van der Waals surface area contributed by atoms with Gasteiger partial charge in [0, 0.05) is 12.5 Å². The molecular formula is C9H8FO2. The van der Waals surface area contributed by atoms with Crippen LogP contribution in [0.5, 0.6) is 0 Å². The molecule has 0 amide bonds. The molecule has 0 unspecified atom stereocenters. The Labute approximate surface area is 69.6 Å². The van der Waals surface area contributed by atoms with Crippen LogP contribution in [0.15, 0.2) is 18.2 Å². The van der Waals surface area contributed by atoms with Crippen molar-refractivity contribution in [2.24, 2.45) is 0 Å². The molecule has 0 spiro atoms. The molecule has 1 aromatic rings. The van der Waals surface area contributed by atoms with Crippen LogP contribution < -0.4 is 0 Å². The van der Waals surface area contributed by atoms with Crippen LogP contribution >= 0.6 is 0 Å². The van der Waals surface area contributed by atoms with Gasteiger partial charge in [0.05, 0.1) is 0 Å². The first kappa shape index (κ1) is 8.71. The number of carbonyl (C=O) groups is 1. The van der Waals surface area contributed by atoms with Crippen LogP contribution in [0.2, 0.25) is 0 Å². The van der Waals surface area contributed by atoms with E-state index in [1.165, 1.54) is 12.1 Å². The molecule has 0 fully saturated rings. The lowest BCUT2D eigenvalue weighted by Crippen LogP contribution is -1.97. The summed E-state index contributed by atoms with van der Waals surface area (Å²) >= 11 is 0. The second kappa shape index (κ2) is 3.85. The minimum atomic E-state index is -0.872. The molecule has 0 aliphatic rings. The fourth-order valence-electron chi connectivity index (χ4n) is 0.888. The van der Waals surface area contributed by atoms with Crippen LogP contribution in [-0.4, -0.2) is 11.1 Å². The number of carboxylic acids is 1. The zero-order valence-electron chi connectivity index (χ0n) is 6.38. The Morgan fingerprint density at radius 3 is 3.00 bits per heavy atom. The quantitative estimate of drug-likeness (QED) is 0.743. The van der Waals surface area contributed by atoms with Crippen molar-refractivity contribution in [1.29, 1.82) is 0 Å². The second-order valence-electron chi connectivity index (χ2n) is 2.44. The highest BCUT2D eigenvalue weighted by atomic mass is 19.1. The molecule has 0 bridgehead atoms. The molecule has 3 heteroatoms. The maximum absolute atomic E-state index is 12.5. The van der Waals surface area contributed by atoms with Gasteiger partial charge >= 0.3 is 5.97 Å². The molecule has 2 nitrogen and oxygen atoms in total. The first-order valence-corrected chi connectivity index (χ1v) is 3.56. The molecule has 0 aliphatic heterocycles. The smallest absolute Gasteiger partial charge is 0.303 e. The van der Waals surface area contributed by atoms with Gasteiger partial charge in [-0.2, -0.15) is 0 Å². The maximum Gasteiger partial charge on any atom is 0.303 e. The van der Waals surface area contributed by atoms with Crippen molar-refractivity contribution in [3.05, 3.63) is 35.6 Å². The van der Waals surface area contributed by atoms with E-state index in [1.807, 2.05) is 0 Å². The molecule has 1 aromatic carbocycles. The summed E-state index contributed by atoms with van der Waals surface area (Å²) in [6, 6.07) is 6.75. The summed E-state index contributed by atoms with van der Waals surface area (Å²) in [4.78, 5) is 10.2. The van der Waals surface area contributed by atoms with E-state index in [0.717, 1.165) is 0 Å². The van der Waals surface area contributed by atoms with Crippen LogP contribution in [0, 0.1) is 11.9 Å². The lowest BCUT2D eigenvalue weighted by atomic mass is 10.1. The molecule has 0 aromatic heterocycles. The minimum absolute atomic E-state index is 0.0312.